The standard InChI is InChI=1S/C17H28N4O2/c1-13-16(14(2)23-19-13)11-18-17(22)21-10-4-3-7-15(12-21)20-8-5-6-9-20/h15H,3-12H2,1-2H3,(H,18,22)/t15-/m1/s1. The van der Waals surface area contributed by atoms with E-state index in [4.69, 9.17) is 4.52 Å². The molecule has 2 aliphatic rings. The predicted octanol–water partition coefficient (Wildman–Crippen LogP) is 2.45. The molecule has 3 rings (SSSR count). The molecule has 6 heteroatoms. The van der Waals surface area contributed by atoms with E-state index in [-0.39, 0.29) is 6.03 Å². The fourth-order valence-electron chi connectivity index (χ4n) is 3.74. The Labute approximate surface area is 138 Å². The minimum absolute atomic E-state index is 0.0381. The van der Waals surface area contributed by atoms with Crippen molar-refractivity contribution in [1.29, 1.82) is 0 Å². The van der Waals surface area contributed by atoms with Crippen molar-refractivity contribution in [3.63, 3.8) is 0 Å². The number of nitrogens with zero attached hydrogens (tertiary/aromatic N) is 3. The molecule has 2 amide bonds. The van der Waals surface area contributed by atoms with E-state index in [1.54, 1.807) is 0 Å². The van der Waals surface area contributed by atoms with E-state index in [0.717, 1.165) is 36.5 Å². The smallest absolute Gasteiger partial charge is 0.317 e. The van der Waals surface area contributed by atoms with Gasteiger partial charge in [-0.1, -0.05) is 11.6 Å². The Hall–Kier alpha value is -1.56. The lowest BCUT2D eigenvalue weighted by Gasteiger charge is -2.30. The van der Waals surface area contributed by atoms with Crippen LogP contribution >= 0.6 is 0 Å². The zero-order chi connectivity index (χ0) is 16.2. The van der Waals surface area contributed by atoms with Gasteiger partial charge in [-0.05, 0) is 52.6 Å². The molecule has 3 heterocycles. The first-order valence-corrected chi connectivity index (χ1v) is 8.83. The molecular formula is C17H28N4O2. The number of hydrogen-bond donors (Lipinski definition) is 1. The summed E-state index contributed by atoms with van der Waals surface area (Å²) in [5, 5.41) is 6.98. The van der Waals surface area contributed by atoms with Crippen LogP contribution in [0.3, 0.4) is 0 Å². The van der Waals surface area contributed by atoms with E-state index in [0.29, 0.717) is 12.6 Å². The molecule has 1 atom stereocenters. The molecule has 0 radical (unpaired) electrons. The first kappa shape index (κ1) is 16.3. The van der Waals surface area contributed by atoms with Crippen LogP contribution in [-0.2, 0) is 6.54 Å². The minimum Gasteiger partial charge on any atom is -0.361 e. The van der Waals surface area contributed by atoms with Gasteiger partial charge in [0, 0.05) is 31.2 Å². The molecule has 2 saturated heterocycles. The highest BCUT2D eigenvalue weighted by Gasteiger charge is 2.28. The Morgan fingerprint density at radius 2 is 1.96 bits per heavy atom. The van der Waals surface area contributed by atoms with Gasteiger partial charge in [-0.15, -0.1) is 0 Å². The van der Waals surface area contributed by atoms with Crippen molar-refractivity contribution in [3.8, 4) is 0 Å². The van der Waals surface area contributed by atoms with Crippen LogP contribution in [0, 0.1) is 13.8 Å². The van der Waals surface area contributed by atoms with Gasteiger partial charge in [0.25, 0.3) is 0 Å². The quantitative estimate of drug-likeness (QED) is 0.929. The summed E-state index contributed by atoms with van der Waals surface area (Å²) < 4.78 is 5.16. The predicted molar refractivity (Wildman–Crippen MR) is 88.2 cm³/mol. The molecule has 0 bridgehead atoms. The molecule has 23 heavy (non-hydrogen) atoms. The number of aryl methyl sites for hydroxylation is 2. The Kier molecular flexibility index (Phi) is 5.20. The summed E-state index contributed by atoms with van der Waals surface area (Å²) in [4.78, 5) is 17.1. The highest BCUT2D eigenvalue weighted by molar-refractivity contribution is 5.74. The van der Waals surface area contributed by atoms with E-state index in [9.17, 15) is 4.79 Å². The zero-order valence-electron chi connectivity index (χ0n) is 14.3. The molecule has 0 aromatic carbocycles. The molecule has 0 unspecified atom stereocenters. The van der Waals surface area contributed by atoms with E-state index >= 15 is 0 Å². The highest BCUT2D eigenvalue weighted by atomic mass is 16.5. The monoisotopic (exact) mass is 320 g/mol. The molecule has 128 valence electrons. The van der Waals surface area contributed by atoms with Gasteiger partial charge in [0.05, 0.1) is 5.69 Å². The minimum atomic E-state index is 0.0381. The third kappa shape index (κ3) is 3.86. The molecule has 2 fully saturated rings. The Bertz CT molecular complexity index is 517. The van der Waals surface area contributed by atoms with Crippen LogP contribution in [0.15, 0.2) is 4.52 Å². The van der Waals surface area contributed by atoms with Crippen molar-refractivity contribution in [3.05, 3.63) is 17.0 Å². The molecule has 1 aromatic rings. The van der Waals surface area contributed by atoms with Gasteiger partial charge in [0.15, 0.2) is 0 Å². The van der Waals surface area contributed by atoms with E-state index in [2.05, 4.69) is 15.4 Å². The third-order valence-electron chi connectivity index (χ3n) is 5.19. The second-order valence-corrected chi connectivity index (χ2v) is 6.80. The zero-order valence-corrected chi connectivity index (χ0v) is 14.3. The van der Waals surface area contributed by atoms with Crippen molar-refractivity contribution >= 4 is 6.03 Å². The second kappa shape index (κ2) is 7.34. The number of carbonyl (C=O) groups excluding carboxylic acids is 1. The number of amides is 2. The summed E-state index contributed by atoms with van der Waals surface area (Å²) in [6, 6.07) is 0.570. The molecular weight excluding hydrogens is 292 g/mol. The van der Waals surface area contributed by atoms with Crippen molar-refractivity contribution in [1.82, 2.24) is 20.3 Å². The van der Waals surface area contributed by atoms with E-state index < -0.39 is 0 Å². The van der Waals surface area contributed by atoms with Gasteiger partial charge in [-0.3, -0.25) is 4.90 Å². The first-order valence-electron chi connectivity index (χ1n) is 8.83. The molecule has 2 aliphatic heterocycles. The highest BCUT2D eigenvalue weighted by Crippen LogP contribution is 2.20. The van der Waals surface area contributed by atoms with Gasteiger partial charge in [-0.25, -0.2) is 4.79 Å². The summed E-state index contributed by atoms with van der Waals surface area (Å²) >= 11 is 0. The Balaban J connectivity index is 1.57. The van der Waals surface area contributed by atoms with E-state index in [1.165, 1.54) is 38.8 Å². The lowest BCUT2D eigenvalue weighted by atomic mass is 10.1. The number of hydrogen-bond acceptors (Lipinski definition) is 4. The SMILES string of the molecule is Cc1noc(C)c1CNC(=O)N1CCCC[C@@H](N2CCCC2)C1. The van der Waals surface area contributed by atoms with Crippen LogP contribution in [-0.4, -0.2) is 53.2 Å². The number of aromatic nitrogens is 1. The number of nitrogens with one attached hydrogen (secondary N) is 1. The van der Waals surface area contributed by atoms with Crippen LogP contribution in [0.1, 0.15) is 49.1 Å². The molecule has 0 saturated carbocycles. The topological polar surface area (TPSA) is 61.6 Å². The lowest BCUT2D eigenvalue weighted by Crippen LogP contribution is -2.47. The third-order valence-corrected chi connectivity index (χ3v) is 5.19. The van der Waals surface area contributed by atoms with Crippen molar-refractivity contribution in [2.75, 3.05) is 26.2 Å². The molecule has 1 N–H and O–H groups in total. The van der Waals surface area contributed by atoms with Gasteiger partial charge in [-0.2, -0.15) is 0 Å². The van der Waals surface area contributed by atoms with Gasteiger partial charge < -0.3 is 14.7 Å². The van der Waals surface area contributed by atoms with Crippen LogP contribution in [0.4, 0.5) is 4.79 Å². The number of likely N-dealkylation sites (tertiary alicyclic amines) is 2. The fourth-order valence-corrected chi connectivity index (χ4v) is 3.74. The van der Waals surface area contributed by atoms with Gasteiger partial charge in [0.1, 0.15) is 5.76 Å². The maximum atomic E-state index is 12.6. The summed E-state index contributed by atoms with van der Waals surface area (Å²) in [5.74, 6) is 0.786. The molecule has 6 nitrogen and oxygen atoms in total. The summed E-state index contributed by atoms with van der Waals surface area (Å²) in [6.45, 7) is 8.39. The molecule has 0 aliphatic carbocycles. The Morgan fingerprint density at radius 3 is 2.65 bits per heavy atom. The molecule has 0 spiro atoms. The van der Waals surface area contributed by atoms with Crippen molar-refractivity contribution in [2.45, 2.75) is 58.5 Å². The molecule has 1 aromatic heterocycles. The van der Waals surface area contributed by atoms with Crippen molar-refractivity contribution < 1.29 is 9.32 Å². The van der Waals surface area contributed by atoms with Crippen LogP contribution < -0.4 is 5.32 Å². The number of carbonyl (C=O) groups is 1. The number of urea groups is 1. The normalized spacial score (nSPS) is 23.0. The maximum absolute atomic E-state index is 12.6. The second-order valence-electron chi connectivity index (χ2n) is 6.80. The van der Waals surface area contributed by atoms with E-state index in [1.807, 2.05) is 18.7 Å². The van der Waals surface area contributed by atoms with Gasteiger partial charge in [0.2, 0.25) is 0 Å². The fraction of sp³-hybridized carbons (Fsp3) is 0.765. The summed E-state index contributed by atoms with van der Waals surface area (Å²) in [6.07, 6.45) is 6.13. The lowest BCUT2D eigenvalue weighted by molar-refractivity contribution is 0.165. The first-order chi connectivity index (χ1) is 11.1. The van der Waals surface area contributed by atoms with Crippen LogP contribution in [0.25, 0.3) is 0 Å². The Morgan fingerprint density at radius 1 is 1.22 bits per heavy atom. The largest absolute Gasteiger partial charge is 0.361 e. The van der Waals surface area contributed by atoms with Crippen LogP contribution in [0.2, 0.25) is 0 Å². The average molecular weight is 320 g/mol. The summed E-state index contributed by atoms with van der Waals surface area (Å²) in [5.41, 5.74) is 1.85. The van der Waals surface area contributed by atoms with Crippen molar-refractivity contribution in [2.24, 2.45) is 0 Å². The summed E-state index contributed by atoms with van der Waals surface area (Å²) in [7, 11) is 0. The van der Waals surface area contributed by atoms with Gasteiger partial charge >= 0.3 is 6.03 Å². The van der Waals surface area contributed by atoms with Crippen LogP contribution in [0.5, 0.6) is 0 Å². The average Bonchev–Trinajstić information content (AvgIpc) is 3.10. The number of rotatable bonds is 3. The maximum Gasteiger partial charge on any atom is 0.317 e.